The van der Waals surface area contributed by atoms with Crippen LogP contribution < -0.4 is 4.90 Å². The maximum absolute atomic E-state index is 11.3. The Hall–Kier alpha value is -1.63. The van der Waals surface area contributed by atoms with Crippen molar-refractivity contribution in [1.29, 1.82) is 0 Å². The van der Waals surface area contributed by atoms with Crippen LogP contribution in [0.2, 0.25) is 0 Å². The van der Waals surface area contributed by atoms with Crippen LogP contribution in [-0.4, -0.2) is 39.0 Å². The van der Waals surface area contributed by atoms with Gasteiger partial charge in [0.2, 0.25) is 5.82 Å². The van der Waals surface area contributed by atoms with Gasteiger partial charge in [-0.25, -0.2) is 4.68 Å². The van der Waals surface area contributed by atoms with E-state index in [0.717, 1.165) is 6.42 Å². The van der Waals surface area contributed by atoms with Crippen molar-refractivity contribution in [3.63, 3.8) is 0 Å². The molecule has 1 aromatic heterocycles. The van der Waals surface area contributed by atoms with Gasteiger partial charge in [-0.15, -0.1) is 0 Å². The molecule has 0 fully saturated rings. The molecule has 0 saturated carbocycles. The van der Waals surface area contributed by atoms with Crippen molar-refractivity contribution in [2.45, 2.75) is 46.7 Å². The molecule has 0 aliphatic rings. The number of rotatable bonds is 7. The number of nitrogens with zero attached hydrogens (tertiary/aromatic N) is 4. The SMILES string of the molecule is CCCn1nc(C)c([N+](=O)[O-])c1N(CCO)C(C)C. The van der Waals surface area contributed by atoms with Gasteiger partial charge in [0.05, 0.1) is 11.5 Å². The normalized spacial score (nSPS) is 11.1. The topological polar surface area (TPSA) is 84.4 Å². The van der Waals surface area contributed by atoms with Crippen LogP contribution in [0, 0.1) is 17.0 Å². The number of anilines is 1. The summed E-state index contributed by atoms with van der Waals surface area (Å²) in [5.41, 5.74) is 0.452. The molecule has 19 heavy (non-hydrogen) atoms. The van der Waals surface area contributed by atoms with Crippen LogP contribution >= 0.6 is 0 Å². The summed E-state index contributed by atoms with van der Waals surface area (Å²) in [5.74, 6) is 0.494. The van der Waals surface area contributed by atoms with Gasteiger partial charge >= 0.3 is 5.69 Å². The van der Waals surface area contributed by atoms with Gasteiger partial charge in [0.25, 0.3) is 0 Å². The monoisotopic (exact) mass is 270 g/mol. The number of aryl methyl sites for hydroxylation is 2. The Morgan fingerprint density at radius 3 is 2.58 bits per heavy atom. The highest BCUT2D eigenvalue weighted by molar-refractivity contribution is 5.61. The fourth-order valence-corrected chi connectivity index (χ4v) is 2.14. The predicted octanol–water partition coefficient (Wildman–Crippen LogP) is 1.72. The van der Waals surface area contributed by atoms with Crippen LogP contribution in [0.3, 0.4) is 0 Å². The fraction of sp³-hybridized carbons (Fsp3) is 0.750. The summed E-state index contributed by atoms with van der Waals surface area (Å²) >= 11 is 0. The number of hydrogen-bond donors (Lipinski definition) is 1. The molecule has 0 spiro atoms. The lowest BCUT2D eigenvalue weighted by Gasteiger charge is -2.27. The first-order valence-corrected chi connectivity index (χ1v) is 6.53. The molecule has 1 aromatic rings. The Kier molecular flexibility index (Phi) is 5.29. The first-order valence-electron chi connectivity index (χ1n) is 6.53. The lowest BCUT2D eigenvalue weighted by molar-refractivity contribution is -0.384. The Balaban J connectivity index is 3.37. The first kappa shape index (κ1) is 15.4. The summed E-state index contributed by atoms with van der Waals surface area (Å²) in [6, 6.07) is 0.0533. The minimum atomic E-state index is -0.392. The Labute approximate surface area is 113 Å². The molecular formula is C12H22N4O3. The van der Waals surface area contributed by atoms with E-state index < -0.39 is 4.92 Å². The minimum absolute atomic E-state index is 0.0376. The predicted molar refractivity (Wildman–Crippen MR) is 73.5 cm³/mol. The van der Waals surface area contributed by atoms with Crippen molar-refractivity contribution in [3.8, 4) is 0 Å². The van der Waals surface area contributed by atoms with Crippen LogP contribution in [-0.2, 0) is 6.54 Å². The van der Waals surface area contributed by atoms with Gasteiger partial charge in [-0.2, -0.15) is 5.10 Å². The first-order chi connectivity index (χ1) is 8.93. The molecule has 0 bridgehead atoms. The molecule has 0 radical (unpaired) electrons. The molecule has 0 saturated heterocycles. The average Bonchev–Trinajstić information content (AvgIpc) is 2.62. The summed E-state index contributed by atoms with van der Waals surface area (Å²) in [7, 11) is 0. The summed E-state index contributed by atoms with van der Waals surface area (Å²) in [6.45, 7) is 8.46. The zero-order valence-electron chi connectivity index (χ0n) is 12.0. The van der Waals surface area contributed by atoms with Crippen LogP contribution in [0.4, 0.5) is 11.5 Å². The van der Waals surface area contributed by atoms with E-state index in [1.807, 2.05) is 25.7 Å². The van der Waals surface area contributed by atoms with Crippen LogP contribution in [0.15, 0.2) is 0 Å². The molecule has 1 N–H and O–H groups in total. The molecular weight excluding hydrogens is 248 g/mol. The summed E-state index contributed by atoms with van der Waals surface area (Å²) in [4.78, 5) is 12.7. The van der Waals surface area contributed by atoms with Crippen molar-refractivity contribution in [2.75, 3.05) is 18.1 Å². The maximum Gasteiger partial charge on any atom is 0.333 e. The van der Waals surface area contributed by atoms with Crippen LogP contribution in [0.25, 0.3) is 0 Å². The molecule has 1 heterocycles. The standard InChI is InChI=1S/C12H22N4O3/c1-5-6-15-12(14(7-8-17)9(2)3)11(16(18)19)10(4)13-15/h9,17H,5-8H2,1-4H3. The van der Waals surface area contributed by atoms with E-state index >= 15 is 0 Å². The van der Waals surface area contributed by atoms with Gasteiger partial charge in [-0.05, 0) is 27.2 Å². The molecule has 0 aliphatic carbocycles. The van der Waals surface area contributed by atoms with E-state index in [0.29, 0.717) is 24.6 Å². The minimum Gasteiger partial charge on any atom is -0.395 e. The molecule has 7 heteroatoms. The van der Waals surface area contributed by atoms with Crippen molar-refractivity contribution in [1.82, 2.24) is 9.78 Å². The Morgan fingerprint density at radius 1 is 1.53 bits per heavy atom. The fourth-order valence-electron chi connectivity index (χ4n) is 2.14. The van der Waals surface area contributed by atoms with E-state index in [4.69, 9.17) is 5.11 Å². The zero-order valence-corrected chi connectivity index (χ0v) is 12.0. The molecule has 108 valence electrons. The summed E-state index contributed by atoms with van der Waals surface area (Å²) < 4.78 is 1.67. The highest BCUT2D eigenvalue weighted by Gasteiger charge is 2.30. The largest absolute Gasteiger partial charge is 0.395 e. The van der Waals surface area contributed by atoms with Gasteiger partial charge < -0.3 is 10.0 Å². The van der Waals surface area contributed by atoms with Crippen molar-refractivity contribution >= 4 is 11.5 Å². The van der Waals surface area contributed by atoms with E-state index in [-0.39, 0.29) is 18.3 Å². The zero-order chi connectivity index (χ0) is 14.6. The lowest BCUT2D eigenvalue weighted by Crippen LogP contribution is -2.35. The van der Waals surface area contributed by atoms with Gasteiger partial charge in [-0.3, -0.25) is 10.1 Å². The second-order valence-electron chi connectivity index (χ2n) is 4.75. The number of aliphatic hydroxyl groups is 1. The molecule has 0 aromatic carbocycles. The third kappa shape index (κ3) is 3.23. The summed E-state index contributed by atoms with van der Waals surface area (Å²) in [5, 5.41) is 24.7. The van der Waals surface area contributed by atoms with E-state index in [1.165, 1.54) is 0 Å². The third-order valence-corrected chi connectivity index (χ3v) is 2.92. The van der Waals surface area contributed by atoms with Gasteiger partial charge in [0.1, 0.15) is 5.69 Å². The number of aliphatic hydroxyl groups excluding tert-OH is 1. The highest BCUT2D eigenvalue weighted by atomic mass is 16.6. The molecule has 0 aliphatic heterocycles. The van der Waals surface area contributed by atoms with Gasteiger partial charge in [0.15, 0.2) is 0 Å². The smallest absolute Gasteiger partial charge is 0.333 e. The van der Waals surface area contributed by atoms with Gasteiger partial charge in [-0.1, -0.05) is 6.92 Å². The van der Waals surface area contributed by atoms with Gasteiger partial charge in [0, 0.05) is 19.1 Å². The molecule has 1 rings (SSSR count). The molecule has 0 amide bonds. The quantitative estimate of drug-likeness (QED) is 0.602. The molecule has 7 nitrogen and oxygen atoms in total. The number of hydrogen-bond acceptors (Lipinski definition) is 5. The van der Waals surface area contributed by atoms with Crippen molar-refractivity contribution in [2.24, 2.45) is 0 Å². The van der Waals surface area contributed by atoms with E-state index in [9.17, 15) is 10.1 Å². The van der Waals surface area contributed by atoms with Crippen molar-refractivity contribution in [3.05, 3.63) is 15.8 Å². The number of aromatic nitrogens is 2. The average molecular weight is 270 g/mol. The van der Waals surface area contributed by atoms with E-state index in [2.05, 4.69) is 5.10 Å². The highest BCUT2D eigenvalue weighted by Crippen LogP contribution is 2.32. The second-order valence-corrected chi connectivity index (χ2v) is 4.75. The molecule has 0 atom stereocenters. The Morgan fingerprint density at radius 2 is 2.16 bits per heavy atom. The van der Waals surface area contributed by atoms with Crippen LogP contribution in [0.1, 0.15) is 32.9 Å². The third-order valence-electron chi connectivity index (χ3n) is 2.92. The van der Waals surface area contributed by atoms with E-state index in [1.54, 1.807) is 11.6 Å². The number of nitro groups is 1. The van der Waals surface area contributed by atoms with Crippen LogP contribution in [0.5, 0.6) is 0 Å². The Bertz CT molecular complexity index is 442. The molecule has 0 unspecified atom stereocenters. The van der Waals surface area contributed by atoms with Crippen molar-refractivity contribution < 1.29 is 10.0 Å². The lowest BCUT2D eigenvalue weighted by atomic mass is 10.2. The second kappa shape index (κ2) is 6.51. The summed E-state index contributed by atoms with van der Waals surface area (Å²) in [6.07, 6.45) is 0.844. The maximum atomic E-state index is 11.3.